The van der Waals surface area contributed by atoms with Gasteiger partial charge < -0.3 is 14.8 Å². The first kappa shape index (κ1) is 22.2. The molecule has 2 aromatic rings. The second kappa shape index (κ2) is 11.0. The van der Waals surface area contributed by atoms with Gasteiger partial charge in [0.25, 0.3) is 0 Å². The number of carbonyl (C=O) groups excluding carboxylic acids is 1. The fourth-order valence-corrected chi connectivity index (χ4v) is 4.24. The summed E-state index contributed by atoms with van der Waals surface area (Å²) >= 11 is 0. The third kappa shape index (κ3) is 5.99. The summed E-state index contributed by atoms with van der Waals surface area (Å²) in [4.78, 5) is 15.1. The molecule has 0 atom stereocenters. The Morgan fingerprint density at radius 3 is 2.53 bits per heavy atom. The molecule has 0 bridgehead atoms. The highest BCUT2D eigenvalue weighted by atomic mass is 16.5. The lowest BCUT2D eigenvalue weighted by atomic mass is 9.94. The fraction of sp³-hybridized carbons (Fsp3) is 0.480. The number of anilines is 1. The van der Waals surface area contributed by atoms with Gasteiger partial charge in [-0.3, -0.25) is 9.69 Å². The molecule has 0 radical (unpaired) electrons. The molecule has 0 aromatic heterocycles. The van der Waals surface area contributed by atoms with Gasteiger partial charge in [-0.25, -0.2) is 0 Å². The van der Waals surface area contributed by atoms with Crippen LogP contribution in [0.15, 0.2) is 42.5 Å². The Labute approximate surface area is 180 Å². The number of hydrogen-bond donors (Lipinski definition) is 1. The van der Waals surface area contributed by atoms with E-state index in [-0.39, 0.29) is 5.91 Å². The van der Waals surface area contributed by atoms with E-state index in [9.17, 15) is 4.79 Å². The van der Waals surface area contributed by atoms with E-state index in [0.29, 0.717) is 18.9 Å². The van der Waals surface area contributed by atoms with Gasteiger partial charge in [-0.2, -0.15) is 0 Å². The van der Waals surface area contributed by atoms with E-state index in [1.54, 1.807) is 14.2 Å². The normalized spacial score (nSPS) is 14.5. The van der Waals surface area contributed by atoms with E-state index in [4.69, 9.17) is 9.47 Å². The highest BCUT2D eigenvalue weighted by Crippen LogP contribution is 2.27. The molecule has 0 saturated heterocycles. The van der Waals surface area contributed by atoms with Gasteiger partial charge in [-0.1, -0.05) is 37.5 Å². The molecule has 30 heavy (non-hydrogen) atoms. The van der Waals surface area contributed by atoms with Gasteiger partial charge in [0.05, 0.1) is 14.2 Å². The number of para-hydroxylation sites is 1. The van der Waals surface area contributed by atoms with Crippen LogP contribution in [-0.2, 0) is 17.8 Å². The highest BCUT2D eigenvalue weighted by molar-refractivity contribution is 5.91. The summed E-state index contributed by atoms with van der Waals surface area (Å²) in [6.45, 7) is 0.852. The molecule has 0 unspecified atom stereocenters. The Morgan fingerprint density at radius 1 is 1.03 bits per heavy atom. The number of nitrogens with zero attached hydrogens (tertiary/aromatic N) is 1. The van der Waals surface area contributed by atoms with Crippen LogP contribution in [0.4, 0.5) is 5.69 Å². The van der Waals surface area contributed by atoms with Gasteiger partial charge >= 0.3 is 0 Å². The fourth-order valence-electron chi connectivity index (χ4n) is 4.24. The number of ether oxygens (including phenoxy) is 2. The molecule has 1 aliphatic carbocycles. The molecule has 1 amide bonds. The van der Waals surface area contributed by atoms with Crippen molar-refractivity contribution >= 4 is 11.6 Å². The van der Waals surface area contributed by atoms with Crippen molar-refractivity contribution in [3.63, 3.8) is 0 Å². The molecule has 1 N–H and O–H groups in total. The molecule has 1 saturated carbocycles. The smallest absolute Gasteiger partial charge is 0.224 e. The van der Waals surface area contributed by atoms with Crippen molar-refractivity contribution in [2.45, 2.75) is 57.5 Å². The zero-order valence-corrected chi connectivity index (χ0v) is 18.4. The Kier molecular flexibility index (Phi) is 8.14. The molecule has 0 heterocycles. The number of hydrogen-bond acceptors (Lipinski definition) is 4. The molecule has 3 rings (SSSR count). The number of aryl methyl sites for hydroxylation is 1. The zero-order valence-electron chi connectivity index (χ0n) is 18.4. The summed E-state index contributed by atoms with van der Waals surface area (Å²) in [6, 6.07) is 14.4. The molecule has 0 spiro atoms. The average Bonchev–Trinajstić information content (AvgIpc) is 2.79. The minimum Gasteiger partial charge on any atom is -0.497 e. The molecular weight excluding hydrogens is 376 g/mol. The molecule has 162 valence electrons. The van der Waals surface area contributed by atoms with Gasteiger partial charge in [0, 0.05) is 24.7 Å². The van der Waals surface area contributed by atoms with Crippen molar-refractivity contribution in [2.75, 3.05) is 26.6 Å². The second-order valence-corrected chi connectivity index (χ2v) is 8.09. The van der Waals surface area contributed by atoms with E-state index >= 15 is 0 Å². The van der Waals surface area contributed by atoms with Crippen molar-refractivity contribution in [1.82, 2.24) is 4.90 Å². The summed E-state index contributed by atoms with van der Waals surface area (Å²) in [5.74, 6) is 1.55. The third-order valence-electron chi connectivity index (χ3n) is 6.02. The summed E-state index contributed by atoms with van der Waals surface area (Å²) in [5.41, 5.74) is 3.04. The van der Waals surface area contributed by atoms with Crippen LogP contribution >= 0.6 is 0 Å². The highest BCUT2D eigenvalue weighted by Gasteiger charge is 2.19. The minimum absolute atomic E-state index is 0.00708. The number of nitrogens with one attached hydrogen (secondary N) is 1. The summed E-state index contributed by atoms with van der Waals surface area (Å²) in [6.07, 6.45) is 7.52. The molecular formula is C25H34N2O3. The first-order valence-electron chi connectivity index (χ1n) is 10.9. The molecule has 2 aromatic carbocycles. The maximum absolute atomic E-state index is 12.7. The number of benzene rings is 2. The van der Waals surface area contributed by atoms with Crippen LogP contribution in [0.1, 0.15) is 49.7 Å². The maximum Gasteiger partial charge on any atom is 0.224 e. The van der Waals surface area contributed by atoms with Gasteiger partial charge in [-0.15, -0.1) is 0 Å². The SMILES string of the molecule is COc1ccc(OC)c(CCC(=O)Nc2ccccc2CN(C)C2CCCCC2)c1. The van der Waals surface area contributed by atoms with E-state index in [1.807, 2.05) is 36.4 Å². The molecule has 1 fully saturated rings. The molecule has 0 aliphatic heterocycles. The van der Waals surface area contributed by atoms with Crippen LogP contribution in [0.3, 0.4) is 0 Å². The van der Waals surface area contributed by atoms with Crippen LogP contribution in [0.5, 0.6) is 11.5 Å². The molecule has 5 nitrogen and oxygen atoms in total. The first-order valence-corrected chi connectivity index (χ1v) is 10.9. The van der Waals surface area contributed by atoms with E-state index < -0.39 is 0 Å². The second-order valence-electron chi connectivity index (χ2n) is 8.09. The van der Waals surface area contributed by atoms with Gasteiger partial charge in [0.1, 0.15) is 11.5 Å². The van der Waals surface area contributed by atoms with Crippen LogP contribution in [-0.4, -0.2) is 38.1 Å². The number of rotatable bonds is 9. The molecule has 1 aliphatic rings. The Bertz CT molecular complexity index is 831. The van der Waals surface area contributed by atoms with E-state index in [1.165, 1.54) is 32.1 Å². The standard InChI is InChI=1S/C25H34N2O3/c1-27(21-10-5-4-6-11-21)18-20-9-7-8-12-23(20)26-25(28)16-13-19-17-22(29-2)14-15-24(19)30-3/h7-9,12,14-15,17,21H,4-6,10-11,13,16,18H2,1-3H3,(H,26,28). The van der Waals surface area contributed by atoms with Crippen molar-refractivity contribution in [2.24, 2.45) is 0 Å². The summed E-state index contributed by atoms with van der Waals surface area (Å²) < 4.78 is 10.7. The topological polar surface area (TPSA) is 50.8 Å². The van der Waals surface area contributed by atoms with Crippen LogP contribution in [0.25, 0.3) is 0 Å². The number of carbonyl (C=O) groups is 1. The van der Waals surface area contributed by atoms with Crippen molar-refractivity contribution in [1.29, 1.82) is 0 Å². The minimum atomic E-state index is 0.00708. The van der Waals surface area contributed by atoms with Crippen molar-refractivity contribution in [3.8, 4) is 11.5 Å². The Morgan fingerprint density at radius 2 is 1.80 bits per heavy atom. The Hall–Kier alpha value is -2.53. The third-order valence-corrected chi connectivity index (χ3v) is 6.02. The number of amides is 1. The Balaban J connectivity index is 1.60. The first-order chi connectivity index (χ1) is 14.6. The van der Waals surface area contributed by atoms with Crippen LogP contribution in [0, 0.1) is 0 Å². The average molecular weight is 411 g/mol. The van der Waals surface area contributed by atoms with Gasteiger partial charge in [0.15, 0.2) is 0 Å². The van der Waals surface area contributed by atoms with Crippen LogP contribution < -0.4 is 14.8 Å². The molecule has 5 heteroatoms. The number of methoxy groups -OCH3 is 2. The summed E-state index contributed by atoms with van der Waals surface area (Å²) in [5, 5.41) is 3.12. The lowest BCUT2D eigenvalue weighted by Crippen LogP contribution is -2.33. The van der Waals surface area contributed by atoms with Crippen molar-refractivity contribution in [3.05, 3.63) is 53.6 Å². The van der Waals surface area contributed by atoms with Crippen molar-refractivity contribution < 1.29 is 14.3 Å². The zero-order chi connectivity index (χ0) is 21.3. The maximum atomic E-state index is 12.7. The van der Waals surface area contributed by atoms with Gasteiger partial charge in [0.2, 0.25) is 5.91 Å². The van der Waals surface area contributed by atoms with Crippen LogP contribution in [0.2, 0.25) is 0 Å². The lowest BCUT2D eigenvalue weighted by Gasteiger charge is -2.31. The van der Waals surface area contributed by atoms with Gasteiger partial charge in [-0.05, 0) is 61.7 Å². The summed E-state index contributed by atoms with van der Waals surface area (Å²) in [7, 11) is 5.48. The predicted molar refractivity (Wildman–Crippen MR) is 121 cm³/mol. The monoisotopic (exact) mass is 410 g/mol. The largest absolute Gasteiger partial charge is 0.497 e. The van der Waals surface area contributed by atoms with E-state index in [2.05, 4.69) is 23.3 Å². The predicted octanol–water partition coefficient (Wildman–Crippen LogP) is 5.04. The lowest BCUT2D eigenvalue weighted by molar-refractivity contribution is -0.116. The van der Waals surface area contributed by atoms with E-state index in [0.717, 1.165) is 34.9 Å². The quantitative estimate of drug-likeness (QED) is 0.629.